The quantitative estimate of drug-likeness (QED) is 0.441. The SMILES string of the molecule is COc1ccc(OCCn2cc(C=C3C(=O)N(C)C(=O)N(C)C3=O)c3ccccc32)cc1. The van der Waals surface area contributed by atoms with E-state index in [2.05, 4.69) is 0 Å². The molecule has 0 saturated carbocycles. The first-order valence-electron chi connectivity index (χ1n) is 10.1. The summed E-state index contributed by atoms with van der Waals surface area (Å²) in [5.74, 6) is 0.269. The molecule has 8 heteroatoms. The Morgan fingerprint density at radius 1 is 0.875 bits per heavy atom. The van der Waals surface area contributed by atoms with Crippen LogP contribution < -0.4 is 9.47 Å². The highest BCUT2D eigenvalue weighted by Gasteiger charge is 2.37. The van der Waals surface area contributed by atoms with Crippen molar-refractivity contribution in [2.75, 3.05) is 27.8 Å². The molecule has 0 atom stereocenters. The minimum Gasteiger partial charge on any atom is -0.497 e. The zero-order chi connectivity index (χ0) is 22.8. The van der Waals surface area contributed by atoms with Crippen molar-refractivity contribution in [2.24, 2.45) is 0 Å². The number of barbiturate groups is 1. The van der Waals surface area contributed by atoms with Gasteiger partial charge in [0.05, 0.1) is 13.7 Å². The summed E-state index contributed by atoms with van der Waals surface area (Å²) in [6.07, 6.45) is 3.43. The molecule has 0 aliphatic carbocycles. The van der Waals surface area contributed by atoms with Crippen molar-refractivity contribution in [3.63, 3.8) is 0 Å². The van der Waals surface area contributed by atoms with Gasteiger partial charge in [0.2, 0.25) is 0 Å². The number of imide groups is 2. The molecule has 4 amide bonds. The van der Waals surface area contributed by atoms with Gasteiger partial charge in [-0.1, -0.05) is 18.2 Å². The summed E-state index contributed by atoms with van der Waals surface area (Å²) in [4.78, 5) is 39.0. The Bertz CT molecular complexity index is 1200. The fraction of sp³-hybridized carbons (Fsp3) is 0.208. The number of amides is 4. The maximum atomic E-state index is 12.6. The van der Waals surface area contributed by atoms with Crippen LogP contribution in [-0.4, -0.2) is 60.0 Å². The van der Waals surface area contributed by atoms with Crippen molar-refractivity contribution in [2.45, 2.75) is 6.54 Å². The van der Waals surface area contributed by atoms with E-state index in [4.69, 9.17) is 9.47 Å². The molecule has 1 saturated heterocycles. The van der Waals surface area contributed by atoms with Gasteiger partial charge >= 0.3 is 6.03 Å². The number of urea groups is 1. The van der Waals surface area contributed by atoms with Crippen molar-refractivity contribution < 1.29 is 23.9 Å². The number of carbonyl (C=O) groups is 3. The Morgan fingerprint density at radius 3 is 2.16 bits per heavy atom. The molecule has 1 fully saturated rings. The minimum absolute atomic E-state index is 0.0491. The second kappa shape index (κ2) is 8.58. The summed E-state index contributed by atoms with van der Waals surface area (Å²) in [7, 11) is 4.34. The van der Waals surface area contributed by atoms with Gasteiger partial charge in [0.15, 0.2) is 0 Å². The van der Waals surface area contributed by atoms with Gasteiger partial charge in [-0.25, -0.2) is 4.79 Å². The van der Waals surface area contributed by atoms with Crippen LogP contribution in [0.5, 0.6) is 11.5 Å². The van der Waals surface area contributed by atoms with E-state index < -0.39 is 17.8 Å². The number of carbonyl (C=O) groups excluding carboxylic acids is 3. The number of aromatic nitrogens is 1. The van der Waals surface area contributed by atoms with Gasteiger partial charge in [-0.3, -0.25) is 19.4 Å². The highest BCUT2D eigenvalue weighted by atomic mass is 16.5. The molecule has 0 bridgehead atoms. The first-order valence-corrected chi connectivity index (χ1v) is 10.1. The molecule has 3 aromatic rings. The van der Waals surface area contributed by atoms with E-state index in [1.807, 2.05) is 59.3 Å². The number of para-hydroxylation sites is 1. The van der Waals surface area contributed by atoms with Crippen LogP contribution in [0.2, 0.25) is 0 Å². The van der Waals surface area contributed by atoms with Crippen LogP contribution in [0.1, 0.15) is 5.56 Å². The van der Waals surface area contributed by atoms with Gasteiger partial charge in [0.25, 0.3) is 11.8 Å². The molecular formula is C24H23N3O5. The molecule has 32 heavy (non-hydrogen) atoms. The molecule has 0 radical (unpaired) electrons. The lowest BCUT2D eigenvalue weighted by atomic mass is 10.1. The largest absolute Gasteiger partial charge is 0.497 e. The molecule has 2 aromatic carbocycles. The van der Waals surface area contributed by atoms with E-state index in [1.165, 1.54) is 14.1 Å². The van der Waals surface area contributed by atoms with E-state index in [1.54, 1.807) is 13.2 Å². The zero-order valence-corrected chi connectivity index (χ0v) is 18.1. The fourth-order valence-corrected chi connectivity index (χ4v) is 3.64. The Hall–Kier alpha value is -4.07. The second-order valence-corrected chi connectivity index (χ2v) is 7.39. The third-order valence-electron chi connectivity index (χ3n) is 5.42. The average Bonchev–Trinajstić information content (AvgIpc) is 3.17. The summed E-state index contributed by atoms with van der Waals surface area (Å²) in [5, 5.41) is 0.896. The molecule has 1 aliphatic heterocycles. The standard InChI is InChI=1S/C24H23N3O5/c1-25-22(28)20(23(29)26(2)24(25)30)14-16-15-27(21-7-5-4-6-19(16)21)12-13-32-18-10-8-17(31-3)9-11-18/h4-11,14-15H,12-13H2,1-3H3. The summed E-state index contributed by atoms with van der Waals surface area (Å²) >= 11 is 0. The zero-order valence-electron chi connectivity index (χ0n) is 18.1. The summed E-state index contributed by atoms with van der Waals surface area (Å²) in [6, 6.07) is 14.4. The number of rotatable bonds is 6. The van der Waals surface area contributed by atoms with Gasteiger partial charge in [-0.05, 0) is 36.4 Å². The van der Waals surface area contributed by atoms with Crippen LogP contribution in [0, 0.1) is 0 Å². The lowest BCUT2D eigenvalue weighted by Gasteiger charge is -2.28. The molecule has 0 N–H and O–H groups in total. The minimum atomic E-state index is -0.643. The van der Waals surface area contributed by atoms with Crippen LogP contribution in [0.3, 0.4) is 0 Å². The smallest absolute Gasteiger partial charge is 0.333 e. The maximum absolute atomic E-state index is 12.6. The van der Waals surface area contributed by atoms with E-state index >= 15 is 0 Å². The third-order valence-corrected chi connectivity index (χ3v) is 5.42. The third kappa shape index (κ3) is 3.82. The number of hydrogen-bond donors (Lipinski definition) is 0. The first-order chi connectivity index (χ1) is 15.4. The Balaban J connectivity index is 1.60. The van der Waals surface area contributed by atoms with Gasteiger partial charge in [-0.15, -0.1) is 0 Å². The normalized spacial score (nSPS) is 14.3. The predicted molar refractivity (Wildman–Crippen MR) is 119 cm³/mol. The van der Waals surface area contributed by atoms with Crippen LogP contribution in [0.4, 0.5) is 4.79 Å². The molecule has 8 nitrogen and oxygen atoms in total. The van der Waals surface area contributed by atoms with Crippen molar-refractivity contribution in [3.8, 4) is 11.5 Å². The van der Waals surface area contributed by atoms with Crippen molar-refractivity contribution in [1.82, 2.24) is 14.4 Å². The summed E-state index contributed by atoms with van der Waals surface area (Å²) < 4.78 is 13.0. The lowest BCUT2D eigenvalue weighted by Crippen LogP contribution is -2.52. The van der Waals surface area contributed by atoms with Gasteiger partial charge in [-0.2, -0.15) is 0 Å². The number of benzene rings is 2. The molecule has 164 valence electrons. The highest BCUT2D eigenvalue weighted by Crippen LogP contribution is 2.26. The van der Waals surface area contributed by atoms with Crippen LogP contribution in [0.25, 0.3) is 17.0 Å². The van der Waals surface area contributed by atoms with Crippen molar-refractivity contribution >= 4 is 34.8 Å². The number of fused-ring (bicyclic) bond motifs is 1. The number of likely N-dealkylation sites (N-methyl/N-ethyl adjacent to an activating group) is 2. The molecular weight excluding hydrogens is 410 g/mol. The van der Waals surface area contributed by atoms with Gasteiger partial charge < -0.3 is 14.0 Å². The van der Waals surface area contributed by atoms with E-state index in [-0.39, 0.29) is 5.57 Å². The average molecular weight is 433 g/mol. The summed E-state index contributed by atoms with van der Waals surface area (Å²) in [6.45, 7) is 0.995. The first kappa shape index (κ1) is 21.2. The molecule has 2 heterocycles. The molecule has 1 aliphatic rings. The fourth-order valence-electron chi connectivity index (χ4n) is 3.64. The van der Waals surface area contributed by atoms with Crippen molar-refractivity contribution in [1.29, 1.82) is 0 Å². The predicted octanol–water partition coefficient (Wildman–Crippen LogP) is 3.16. The Morgan fingerprint density at radius 2 is 1.50 bits per heavy atom. The molecule has 0 spiro atoms. The Kier molecular flexibility index (Phi) is 5.68. The second-order valence-electron chi connectivity index (χ2n) is 7.39. The number of nitrogens with zero attached hydrogens (tertiary/aromatic N) is 3. The lowest BCUT2D eigenvalue weighted by molar-refractivity contribution is -0.134. The molecule has 4 rings (SSSR count). The van der Waals surface area contributed by atoms with Crippen molar-refractivity contribution in [3.05, 3.63) is 65.9 Å². The topological polar surface area (TPSA) is 81.1 Å². The van der Waals surface area contributed by atoms with E-state index in [0.717, 1.165) is 37.8 Å². The number of ether oxygens (including phenoxy) is 2. The number of hydrogen-bond acceptors (Lipinski definition) is 5. The number of methoxy groups -OCH3 is 1. The van der Waals surface area contributed by atoms with Gasteiger partial charge in [0, 0.05) is 36.8 Å². The molecule has 0 unspecified atom stereocenters. The Labute approximate surface area is 185 Å². The molecule has 1 aromatic heterocycles. The van der Waals surface area contributed by atoms with E-state index in [0.29, 0.717) is 13.2 Å². The van der Waals surface area contributed by atoms with Crippen LogP contribution in [0.15, 0.2) is 60.3 Å². The van der Waals surface area contributed by atoms with Crippen LogP contribution >= 0.6 is 0 Å². The highest BCUT2D eigenvalue weighted by molar-refractivity contribution is 6.31. The summed E-state index contributed by atoms with van der Waals surface area (Å²) in [5.41, 5.74) is 1.62. The monoisotopic (exact) mass is 433 g/mol. The maximum Gasteiger partial charge on any atom is 0.333 e. The van der Waals surface area contributed by atoms with Crippen LogP contribution in [-0.2, 0) is 16.1 Å². The van der Waals surface area contributed by atoms with Gasteiger partial charge in [0.1, 0.15) is 23.7 Å². The van der Waals surface area contributed by atoms with E-state index in [9.17, 15) is 14.4 Å².